The molecular weight excluding hydrogens is 290 g/mol. The highest BCUT2D eigenvalue weighted by molar-refractivity contribution is 5.94. The Morgan fingerprint density at radius 2 is 2.26 bits per heavy atom. The van der Waals surface area contributed by atoms with E-state index in [4.69, 9.17) is 10.5 Å². The number of benzene rings is 1. The Morgan fingerprint density at radius 3 is 3.04 bits per heavy atom. The lowest BCUT2D eigenvalue weighted by Gasteiger charge is -2.08. The van der Waals surface area contributed by atoms with Crippen molar-refractivity contribution in [2.45, 2.75) is 38.8 Å². The van der Waals surface area contributed by atoms with Crippen LogP contribution < -0.4 is 15.8 Å². The number of nitrogens with zero attached hydrogens (tertiary/aromatic N) is 1. The van der Waals surface area contributed by atoms with Crippen LogP contribution in [0.1, 0.15) is 41.4 Å². The number of pyridine rings is 1. The molecule has 1 amide bonds. The first-order chi connectivity index (χ1) is 11.2. The molecule has 2 aromatic rings. The Kier molecular flexibility index (Phi) is 4.46. The number of fused-ring (bicyclic) bond motifs is 1. The van der Waals surface area contributed by atoms with E-state index in [1.54, 1.807) is 12.1 Å². The molecule has 120 valence electrons. The van der Waals surface area contributed by atoms with Crippen molar-refractivity contribution >= 4 is 11.7 Å². The molecule has 0 saturated carbocycles. The Morgan fingerprint density at radius 1 is 1.39 bits per heavy atom. The summed E-state index contributed by atoms with van der Waals surface area (Å²) in [5.74, 6) is 1.24. The van der Waals surface area contributed by atoms with Gasteiger partial charge in [0, 0.05) is 12.0 Å². The van der Waals surface area contributed by atoms with E-state index in [9.17, 15) is 4.79 Å². The minimum Gasteiger partial charge on any atom is -0.490 e. The van der Waals surface area contributed by atoms with Crippen molar-refractivity contribution in [1.29, 1.82) is 0 Å². The van der Waals surface area contributed by atoms with Gasteiger partial charge in [0.05, 0.1) is 12.2 Å². The molecule has 3 N–H and O–H groups in total. The number of aromatic nitrogens is 1. The topological polar surface area (TPSA) is 77.2 Å². The number of nitrogen functional groups attached to an aromatic ring is 1. The van der Waals surface area contributed by atoms with Gasteiger partial charge in [-0.2, -0.15) is 0 Å². The minimum atomic E-state index is -0.115. The monoisotopic (exact) mass is 311 g/mol. The maximum Gasteiger partial charge on any atom is 0.251 e. The first kappa shape index (κ1) is 15.3. The number of carbonyl (C=O) groups excluding carboxylic acids is 1. The second-order valence-electron chi connectivity index (χ2n) is 5.79. The van der Waals surface area contributed by atoms with Gasteiger partial charge in [-0.3, -0.25) is 4.79 Å². The van der Waals surface area contributed by atoms with Crippen LogP contribution in [-0.2, 0) is 13.0 Å². The van der Waals surface area contributed by atoms with Gasteiger partial charge in [0.2, 0.25) is 0 Å². The van der Waals surface area contributed by atoms with E-state index in [0.717, 1.165) is 36.3 Å². The molecule has 1 atom stereocenters. The second kappa shape index (κ2) is 6.69. The fraction of sp³-hybridized carbons (Fsp3) is 0.333. The van der Waals surface area contributed by atoms with Gasteiger partial charge in [-0.1, -0.05) is 19.4 Å². The molecule has 3 rings (SSSR count). The van der Waals surface area contributed by atoms with Crippen LogP contribution in [0.2, 0.25) is 0 Å². The van der Waals surface area contributed by atoms with Crippen LogP contribution in [0, 0.1) is 0 Å². The van der Waals surface area contributed by atoms with Crippen LogP contribution in [0.5, 0.6) is 5.75 Å². The number of rotatable bonds is 5. The van der Waals surface area contributed by atoms with E-state index < -0.39 is 0 Å². The number of carbonyl (C=O) groups is 1. The summed E-state index contributed by atoms with van der Waals surface area (Å²) in [6.07, 6.45) is 3.25. The second-order valence-corrected chi connectivity index (χ2v) is 5.79. The van der Waals surface area contributed by atoms with Gasteiger partial charge in [0.15, 0.2) is 0 Å². The van der Waals surface area contributed by atoms with Crippen molar-refractivity contribution < 1.29 is 9.53 Å². The average Bonchev–Trinajstić information content (AvgIpc) is 2.94. The van der Waals surface area contributed by atoms with Crippen LogP contribution in [0.25, 0.3) is 0 Å². The van der Waals surface area contributed by atoms with Crippen molar-refractivity contribution in [3.8, 4) is 5.75 Å². The van der Waals surface area contributed by atoms with Gasteiger partial charge in [-0.05, 0) is 42.3 Å². The van der Waals surface area contributed by atoms with E-state index in [1.165, 1.54) is 0 Å². The van der Waals surface area contributed by atoms with Crippen LogP contribution >= 0.6 is 0 Å². The lowest BCUT2D eigenvalue weighted by Crippen LogP contribution is -2.23. The van der Waals surface area contributed by atoms with Crippen LogP contribution in [-0.4, -0.2) is 17.0 Å². The number of amides is 1. The van der Waals surface area contributed by atoms with Crippen molar-refractivity contribution in [2.24, 2.45) is 0 Å². The molecule has 0 spiro atoms. The molecule has 1 aromatic carbocycles. The molecule has 5 nitrogen and oxygen atoms in total. The van der Waals surface area contributed by atoms with Gasteiger partial charge >= 0.3 is 0 Å². The standard InChI is InChI=1S/C18H21N3O2/c1-2-4-15-10-13-9-12(7-8-16(13)23-15)18(22)20-11-14-5-3-6-17(19)21-14/h3,5-9,15H,2,4,10-11H2,1H3,(H2,19,21)(H,20,22). The molecule has 23 heavy (non-hydrogen) atoms. The van der Waals surface area contributed by atoms with Crippen LogP contribution in [0.3, 0.4) is 0 Å². The average molecular weight is 311 g/mol. The Hall–Kier alpha value is -2.56. The summed E-state index contributed by atoms with van der Waals surface area (Å²) in [7, 11) is 0. The first-order valence-electron chi connectivity index (χ1n) is 7.95. The number of hydrogen-bond acceptors (Lipinski definition) is 4. The Balaban J connectivity index is 1.64. The van der Waals surface area contributed by atoms with Crippen LogP contribution in [0.4, 0.5) is 5.82 Å². The molecule has 1 aromatic heterocycles. The molecule has 1 aliphatic heterocycles. The zero-order chi connectivity index (χ0) is 16.2. The summed E-state index contributed by atoms with van der Waals surface area (Å²) in [6, 6.07) is 11.0. The van der Waals surface area contributed by atoms with Crippen molar-refractivity contribution in [3.63, 3.8) is 0 Å². The highest BCUT2D eigenvalue weighted by Crippen LogP contribution is 2.31. The maximum atomic E-state index is 12.3. The van der Waals surface area contributed by atoms with E-state index in [0.29, 0.717) is 17.9 Å². The molecule has 2 heterocycles. The van der Waals surface area contributed by atoms with E-state index in [1.807, 2.05) is 24.3 Å². The zero-order valence-electron chi connectivity index (χ0n) is 13.2. The molecule has 5 heteroatoms. The van der Waals surface area contributed by atoms with E-state index in [-0.39, 0.29) is 12.0 Å². The van der Waals surface area contributed by atoms with Crippen molar-refractivity contribution in [2.75, 3.05) is 5.73 Å². The maximum absolute atomic E-state index is 12.3. The lowest BCUT2D eigenvalue weighted by molar-refractivity contribution is 0.0950. The van der Waals surface area contributed by atoms with Crippen molar-refractivity contribution in [1.82, 2.24) is 10.3 Å². The molecule has 0 aliphatic carbocycles. The van der Waals surface area contributed by atoms with Gasteiger partial charge in [0.25, 0.3) is 5.91 Å². The summed E-state index contributed by atoms with van der Waals surface area (Å²) in [6.45, 7) is 2.51. The lowest BCUT2D eigenvalue weighted by atomic mass is 10.0. The number of nitrogens with one attached hydrogen (secondary N) is 1. The summed E-state index contributed by atoms with van der Waals surface area (Å²) in [5, 5.41) is 2.87. The minimum absolute atomic E-state index is 0.115. The number of anilines is 1. The first-order valence-corrected chi connectivity index (χ1v) is 7.95. The predicted molar refractivity (Wildman–Crippen MR) is 89.3 cm³/mol. The molecular formula is C18H21N3O2. The van der Waals surface area contributed by atoms with Crippen LogP contribution in [0.15, 0.2) is 36.4 Å². The molecule has 0 radical (unpaired) electrons. The normalized spacial score (nSPS) is 15.8. The summed E-state index contributed by atoms with van der Waals surface area (Å²) in [5.41, 5.74) is 8.14. The number of ether oxygens (including phenoxy) is 1. The molecule has 0 bridgehead atoms. The number of hydrogen-bond donors (Lipinski definition) is 2. The zero-order valence-corrected chi connectivity index (χ0v) is 13.2. The third-order valence-corrected chi connectivity index (χ3v) is 3.93. The number of nitrogens with two attached hydrogens (primary N) is 1. The smallest absolute Gasteiger partial charge is 0.251 e. The Bertz CT molecular complexity index is 715. The van der Waals surface area contributed by atoms with Gasteiger partial charge in [-0.15, -0.1) is 0 Å². The summed E-state index contributed by atoms with van der Waals surface area (Å²) >= 11 is 0. The van der Waals surface area contributed by atoms with Gasteiger partial charge in [-0.25, -0.2) is 4.98 Å². The van der Waals surface area contributed by atoms with E-state index >= 15 is 0 Å². The summed E-state index contributed by atoms with van der Waals surface area (Å²) < 4.78 is 5.87. The Labute approximate surface area is 135 Å². The third kappa shape index (κ3) is 3.62. The third-order valence-electron chi connectivity index (χ3n) is 3.93. The summed E-state index contributed by atoms with van der Waals surface area (Å²) in [4.78, 5) is 16.5. The molecule has 0 saturated heterocycles. The molecule has 0 fully saturated rings. The van der Waals surface area contributed by atoms with E-state index in [2.05, 4.69) is 17.2 Å². The van der Waals surface area contributed by atoms with Gasteiger partial charge in [0.1, 0.15) is 17.7 Å². The van der Waals surface area contributed by atoms with Gasteiger partial charge < -0.3 is 15.8 Å². The highest BCUT2D eigenvalue weighted by atomic mass is 16.5. The highest BCUT2D eigenvalue weighted by Gasteiger charge is 2.23. The van der Waals surface area contributed by atoms with Crippen molar-refractivity contribution in [3.05, 3.63) is 53.2 Å². The largest absolute Gasteiger partial charge is 0.490 e. The quantitative estimate of drug-likeness (QED) is 0.890. The SMILES string of the molecule is CCCC1Cc2cc(C(=O)NCc3cccc(N)n3)ccc2O1. The fourth-order valence-corrected chi connectivity index (χ4v) is 2.81. The fourth-order valence-electron chi connectivity index (χ4n) is 2.81. The predicted octanol–water partition coefficient (Wildman–Crippen LogP) is 2.70. The molecule has 1 aliphatic rings. The molecule has 1 unspecified atom stereocenters.